The largest absolute Gasteiger partial charge is 0.421 e. The Morgan fingerprint density at radius 2 is 1.86 bits per heavy atom. The molecule has 0 bridgehead atoms. The van der Waals surface area contributed by atoms with E-state index >= 15 is 0 Å². The third-order valence-corrected chi connectivity index (χ3v) is 4.88. The Balaban J connectivity index is 2.02. The highest BCUT2D eigenvalue weighted by Gasteiger charge is 2.17. The fraction of sp³-hybridized carbons (Fsp3) is 0.235. The second kappa shape index (κ2) is 8.02. The van der Waals surface area contributed by atoms with Crippen molar-refractivity contribution < 1.29 is 4.74 Å². The molecule has 11 heteroatoms. The van der Waals surface area contributed by atoms with Crippen molar-refractivity contribution in [2.75, 3.05) is 0 Å². The first-order valence-corrected chi connectivity index (χ1v) is 9.62. The molecule has 0 atom stereocenters. The lowest BCUT2D eigenvalue weighted by Gasteiger charge is -2.13. The van der Waals surface area contributed by atoms with Gasteiger partial charge in [-0.15, -0.1) is 0 Å². The Bertz CT molecular complexity index is 1150. The first-order valence-electron chi connectivity index (χ1n) is 8.07. The molecule has 0 fully saturated rings. The number of aryl methyl sites for hydroxylation is 1. The lowest BCUT2D eigenvalue weighted by Crippen LogP contribution is -2.32. The monoisotopic (exact) mass is 485 g/mol. The van der Waals surface area contributed by atoms with Crippen LogP contribution in [0.3, 0.4) is 0 Å². The van der Waals surface area contributed by atoms with Crippen LogP contribution in [0.15, 0.2) is 32.4 Å². The van der Waals surface area contributed by atoms with Crippen LogP contribution in [0.4, 0.5) is 0 Å². The number of aromatic amines is 1. The van der Waals surface area contributed by atoms with E-state index < -0.39 is 11.2 Å². The van der Waals surface area contributed by atoms with Crippen LogP contribution in [0.1, 0.15) is 31.2 Å². The van der Waals surface area contributed by atoms with Gasteiger partial charge in [0.25, 0.3) is 5.56 Å². The molecular formula is C17H14BrCl2N5O3. The molecule has 28 heavy (non-hydrogen) atoms. The number of hydrogen-bond donors (Lipinski definition) is 1. The predicted molar refractivity (Wildman–Crippen MR) is 109 cm³/mol. The van der Waals surface area contributed by atoms with Crippen LogP contribution in [-0.2, 0) is 0 Å². The summed E-state index contributed by atoms with van der Waals surface area (Å²) >= 11 is 16.0. The highest BCUT2D eigenvalue weighted by atomic mass is 79.9. The first kappa shape index (κ1) is 20.5. The maximum Gasteiger partial charge on any atom is 0.349 e. The van der Waals surface area contributed by atoms with E-state index in [9.17, 15) is 9.59 Å². The summed E-state index contributed by atoms with van der Waals surface area (Å²) in [6.45, 7) is 5.46. The molecule has 0 amide bonds. The summed E-state index contributed by atoms with van der Waals surface area (Å²) in [5.41, 5.74) is -0.114. The molecule has 2 heterocycles. The number of hydrogen-bond acceptors (Lipinski definition) is 6. The zero-order chi connectivity index (χ0) is 20.6. The fourth-order valence-electron chi connectivity index (χ4n) is 2.33. The highest BCUT2D eigenvalue weighted by Crippen LogP contribution is 2.37. The van der Waals surface area contributed by atoms with Gasteiger partial charge in [0.15, 0.2) is 5.75 Å². The minimum Gasteiger partial charge on any atom is -0.421 e. The number of rotatable bonds is 4. The van der Waals surface area contributed by atoms with Crippen LogP contribution >= 0.6 is 39.1 Å². The molecule has 0 aliphatic heterocycles. The summed E-state index contributed by atoms with van der Waals surface area (Å²) in [7, 11) is 0. The van der Waals surface area contributed by atoms with Gasteiger partial charge in [0, 0.05) is 6.20 Å². The molecule has 3 aromatic rings. The van der Waals surface area contributed by atoms with E-state index in [1.54, 1.807) is 6.20 Å². The van der Waals surface area contributed by atoms with E-state index in [1.165, 1.54) is 19.1 Å². The summed E-state index contributed by atoms with van der Waals surface area (Å²) in [5.74, 6) is 0.285. The van der Waals surface area contributed by atoms with Crippen molar-refractivity contribution in [2.45, 2.75) is 26.7 Å². The van der Waals surface area contributed by atoms with Crippen molar-refractivity contribution in [1.29, 1.82) is 0 Å². The van der Waals surface area contributed by atoms with Gasteiger partial charge < -0.3 is 4.74 Å². The van der Waals surface area contributed by atoms with Crippen molar-refractivity contribution in [1.82, 2.24) is 24.7 Å². The zero-order valence-electron chi connectivity index (χ0n) is 15.0. The van der Waals surface area contributed by atoms with E-state index in [0.29, 0.717) is 0 Å². The van der Waals surface area contributed by atoms with Gasteiger partial charge >= 0.3 is 11.7 Å². The maximum atomic E-state index is 12.0. The molecule has 0 aliphatic carbocycles. The van der Waals surface area contributed by atoms with E-state index in [2.05, 4.69) is 36.0 Å². The van der Waals surface area contributed by atoms with Crippen LogP contribution in [0.2, 0.25) is 10.0 Å². The Morgan fingerprint density at radius 3 is 2.46 bits per heavy atom. The maximum absolute atomic E-state index is 12.0. The van der Waals surface area contributed by atoms with Crippen molar-refractivity contribution in [3.63, 3.8) is 0 Å². The standard InChI is InChI=1S/C17H14BrCl2N5O3/c1-7(2)13-10(18)6-21-16(22-13)28-14-11(19)4-9(5-12(14)20)25-17(27)23-15(26)8(3)24-25/h4-7H,1-3H3,(H,23,26,27). The molecule has 1 N–H and O–H groups in total. The Kier molecular flexibility index (Phi) is 5.87. The molecule has 0 radical (unpaired) electrons. The molecule has 8 nitrogen and oxygen atoms in total. The number of nitrogens with zero attached hydrogens (tertiary/aromatic N) is 4. The zero-order valence-corrected chi connectivity index (χ0v) is 18.1. The quantitative estimate of drug-likeness (QED) is 0.597. The molecule has 146 valence electrons. The molecule has 0 aliphatic rings. The molecule has 0 saturated heterocycles. The molecular weight excluding hydrogens is 473 g/mol. The average Bonchev–Trinajstić information content (AvgIpc) is 2.62. The van der Waals surface area contributed by atoms with E-state index in [-0.39, 0.29) is 39.1 Å². The lowest BCUT2D eigenvalue weighted by atomic mass is 10.1. The van der Waals surface area contributed by atoms with Crippen LogP contribution in [0.25, 0.3) is 5.69 Å². The van der Waals surface area contributed by atoms with E-state index in [1.807, 2.05) is 13.8 Å². The Labute approximate surface area is 177 Å². The summed E-state index contributed by atoms with van der Waals surface area (Å²) in [4.78, 5) is 34.2. The van der Waals surface area contributed by atoms with Crippen LogP contribution in [-0.4, -0.2) is 24.7 Å². The second-order valence-corrected chi connectivity index (χ2v) is 7.81. The third-order valence-electron chi connectivity index (χ3n) is 3.71. The van der Waals surface area contributed by atoms with Gasteiger partial charge in [-0.05, 0) is 40.9 Å². The van der Waals surface area contributed by atoms with E-state index in [0.717, 1.165) is 14.8 Å². The topological polar surface area (TPSA) is 103 Å². The van der Waals surface area contributed by atoms with Gasteiger partial charge in [0.05, 0.1) is 25.9 Å². The minimum atomic E-state index is -0.714. The third kappa shape index (κ3) is 4.11. The lowest BCUT2D eigenvalue weighted by molar-refractivity contribution is 0.438. The molecule has 0 saturated carbocycles. The van der Waals surface area contributed by atoms with Gasteiger partial charge in [0.2, 0.25) is 0 Å². The van der Waals surface area contributed by atoms with Gasteiger partial charge in [-0.3, -0.25) is 9.78 Å². The second-order valence-electron chi connectivity index (χ2n) is 6.14. The average molecular weight is 487 g/mol. The Hall–Kier alpha value is -2.23. The summed E-state index contributed by atoms with van der Waals surface area (Å²) in [6, 6.07) is 2.97. The number of benzene rings is 1. The van der Waals surface area contributed by atoms with Crippen molar-refractivity contribution in [3.8, 4) is 17.4 Å². The molecule has 0 spiro atoms. The van der Waals surface area contributed by atoms with E-state index in [4.69, 9.17) is 27.9 Å². The summed E-state index contributed by atoms with van der Waals surface area (Å²) < 4.78 is 7.43. The predicted octanol–water partition coefficient (Wildman–Crippen LogP) is 4.00. The van der Waals surface area contributed by atoms with Gasteiger partial charge in [0.1, 0.15) is 5.69 Å². The smallest absolute Gasteiger partial charge is 0.349 e. The Morgan fingerprint density at radius 1 is 1.21 bits per heavy atom. The number of ether oxygens (including phenoxy) is 1. The van der Waals surface area contributed by atoms with Crippen molar-refractivity contribution in [3.05, 3.63) is 65.1 Å². The summed E-state index contributed by atoms with van der Waals surface area (Å²) in [5, 5.41) is 4.20. The highest BCUT2D eigenvalue weighted by molar-refractivity contribution is 9.10. The molecule has 1 aromatic carbocycles. The normalized spacial score (nSPS) is 11.1. The van der Waals surface area contributed by atoms with Crippen LogP contribution < -0.4 is 16.0 Å². The van der Waals surface area contributed by atoms with Crippen LogP contribution in [0, 0.1) is 6.92 Å². The van der Waals surface area contributed by atoms with Crippen LogP contribution in [0.5, 0.6) is 11.8 Å². The molecule has 2 aromatic heterocycles. The number of H-pyrrole nitrogens is 1. The number of nitrogens with one attached hydrogen (secondary N) is 1. The van der Waals surface area contributed by atoms with Crippen molar-refractivity contribution in [2.24, 2.45) is 0 Å². The SMILES string of the molecule is Cc1nn(-c2cc(Cl)c(Oc3ncc(Br)c(C(C)C)n3)c(Cl)c2)c(=O)[nH]c1=O. The number of halogens is 3. The van der Waals surface area contributed by atoms with Gasteiger partial charge in [-0.25, -0.2) is 9.78 Å². The summed E-state index contributed by atoms with van der Waals surface area (Å²) in [6.07, 6.45) is 1.58. The van der Waals surface area contributed by atoms with Crippen molar-refractivity contribution >= 4 is 39.1 Å². The molecule has 3 rings (SSSR count). The molecule has 0 unspecified atom stereocenters. The number of aromatic nitrogens is 5. The van der Waals surface area contributed by atoms with Gasteiger partial charge in [-0.1, -0.05) is 37.0 Å². The fourth-order valence-corrected chi connectivity index (χ4v) is 3.53. The van der Waals surface area contributed by atoms with Gasteiger partial charge in [-0.2, -0.15) is 14.8 Å². The minimum absolute atomic E-state index is 0.0821. The first-order chi connectivity index (χ1) is 13.2.